The van der Waals surface area contributed by atoms with E-state index in [4.69, 9.17) is 0 Å². The summed E-state index contributed by atoms with van der Waals surface area (Å²) in [7, 11) is -1.60. The molecule has 0 saturated carbocycles. The predicted octanol–water partition coefficient (Wildman–Crippen LogP) is 3.87. The van der Waals surface area contributed by atoms with Gasteiger partial charge < -0.3 is 10.2 Å². The molecule has 2 amide bonds. The smallest absolute Gasteiger partial charge is 0.321 e. The van der Waals surface area contributed by atoms with E-state index >= 15 is 0 Å². The van der Waals surface area contributed by atoms with Crippen LogP contribution < -0.4 is 10.0 Å². The second kappa shape index (κ2) is 8.35. The molecule has 0 aliphatic heterocycles. The molecule has 2 aromatic rings. The van der Waals surface area contributed by atoms with E-state index in [1.54, 1.807) is 43.1 Å². The minimum atomic E-state index is -3.31. The summed E-state index contributed by atoms with van der Waals surface area (Å²) in [5, 5.41) is 2.78. The van der Waals surface area contributed by atoms with Crippen LogP contribution in [0.4, 0.5) is 16.2 Å². The van der Waals surface area contributed by atoms with E-state index in [1.807, 2.05) is 24.3 Å². The molecule has 2 rings (SSSR count). The van der Waals surface area contributed by atoms with Crippen molar-refractivity contribution in [2.24, 2.45) is 0 Å². The van der Waals surface area contributed by atoms with Crippen LogP contribution in [-0.4, -0.2) is 32.1 Å². The minimum Gasteiger partial charge on any atom is -0.323 e. The highest BCUT2D eigenvalue weighted by Crippen LogP contribution is 2.16. The first-order valence-electron chi connectivity index (χ1n) is 7.66. The number of hydrogen-bond donors (Lipinski definition) is 2. The molecule has 6 nitrogen and oxygen atoms in total. The van der Waals surface area contributed by atoms with E-state index in [0.717, 1.165) is 10.0 Å². The molecule has 0 fully saturated rings. The number of nitrogens with one attached hydrogen (secondary N) is 2. The Morgan fingerprint density at radius 2 is 1.60 bits per heavy atom. The third-order valence-electron chi connectivity index (χ3n) is 3.47. The van der Waals surface area contributed by atoms with Crippen LogP contribution in [0.25, 0.3) is 0 Å². The molecule has 0 aromatic heterocycles. The summed E-state index contributed by atoms with van der Waals surface area (Å²) in [5.74, 6) is 0.00629. The van der Waals surface area contributed by atoms with Crippen LogP contribution in [0.2, 0.25) is 0 Å². The Kier molecular flexibility index (Phi) is 6.44. The lowest BCUT2D eigenvalue weighted by atomic mass is 10.2. The van der Waals surface area contributed by atoms with E-state index in [2.05, 4.69) is 26.0 Å². The topological polar surface area (TPSA) is 78.5 Å². The number of benzene rings is 2. The molecule has 0 atom stereocenters. The van der Waals surface area contributed by atoms with Crippen molar-refractivity contribution in [1.29, 1.82) is 0 Å². The zero-order valence-electron chi connectivity index (χ0n) is 14.0. The molecule has 0 spiro atoms. The second-order valence-electron chi connectivity index (χ2n) is 5.50. The number of nitrogens with zero attached hydrogens (tertiary/aromatic N) is 1. The van der Waals surface area contributed by atoms with Crippen LogP contribution in [0, 0.1) is 0 Å². The first-order chi connectivity index (χ1) is 11.8. The van der Waals surface area contributed by atoms with Crippen LogP contribution in [0.15, 0.2) is 53.0 Å². The Bertz CT molecular complexity index is 821. The van der Waals surface area contributed by atoms with Gasteiger partial charge in [0, 0.05) is 29.4 Å². The standard InChI is InChI=1S/C17H20BrN3O3S/c1-3-25(23,24)20-16-10-8-15(9-11-16)19-17(22)21(2)12-13-4-6-14(18)7-5-13/h4-11,20H,3,12H2,1-2H3,(H,19,22). The van der Waals surface area contributed by atoms with E-state index in [1.165, 1.54) is 0 Å². The summed E-state index contributed by atoms with van der Waals surface area (Å²) < 4.78 is 26.5. The molecule has 0 unspecified atom stereocenters. The molecule has 0 saturated heterocycles. The van der Waals surface area contributed by atoms with Gasteiger partial charge in [0.2, 0.25) is 10.0 Å². The van der Waals surface area contributed by atoms with Gasteiger partial charge in [0.25, 0.3) is 0 Å². The van der Waals surface area contributed by atoms with E-state index < -0.39 is 10.0 Å². The van der Waals surface area contributed by atoms with Crippen LogP contribution >= 0.6 is 15.9 Å². The number of halogens is 1. The first-order valence-corrected chi connectivity index (χ1v) is 10.1. The number of hydrogen-bond acceptors (Lipinski definition) is 3. The van der Waals surface area contributed by atoms with Crippen molar-refractivity contribution in [2.75, 3.05) is 22.8 Å². The van der Waals surface area contributed by atoms with Crippen molar-refractivity contribution in [3.8, 4) is 0 Å². The first kappa shape index (κ1) is 19.3. The zero-order valence-corrected chi connectivity index (χ0v) is 16.4. The lowest BCUT2D eigenvalue weighted by Crippen LogP contribution is -2.30. The van der Waals surface area contributed by atoms with E-state index in [0.29, 0.717) is 17.9 Å². The molecule has 0 heterocycles. The highest BCUT2D eigenvalue weighted by Gasteiger charge is 2.10. The number of sulfonamides is 1. The monoisotopic (exact) mass is 425 g/mol. The Labute approximate surface area is 156 Å². The van der Waals surface area contributed by atoms with Gasteiger partial charge in [0.05, 0.1) is 5.75 Å². The molecule has 8 heteroatoms. The Balaban J connectivity index is 1.94. The van der Waals surface area contributed by atoms with Gasteiger partial charge in [-0.15, -0.1) is 0 Å². The number of amides is 2. The van der Waals surface area contributed by atoms with Crippen molar-refractivity contribution in [3.63, 3.8) is 0 Å². The van der Waals surface area contributed by atoms with Crippen molar-refractivity contribution < 1.29 is 13.2 Å². The van der Waals surface area contributed by atoms with Crippen molar-refractivity contribution in [1.82, 2.24) is 4.90 Å². The lowest BCUT2D eigenvalue weighted by molar-refractivity contribution is 0.220. The van der Waals surface area contributed by atoms with Gasteiger partial charge in [-0.05, 0) is 48.9 Å². The molecule has 0 bridgehead atoms. The largest absolute Gasteiger partial charge is 0.323 e. The molecule has 134 valence electrons. The van der Waals surface area contributed by atoms with Crippen molar-refractivity contribution in [3.05, 3.63) is 58.6 Å². The van der Waals surface area contributed by atoms with Crippen LogP contribution in [0.5, 0.6) is 0 Å². The fraction of sp³-hybridized carbons (Fsp3) is 0.235. The second-order valence-corrected chi connectivity index (χ2v) is 8.42. The van der Waals surface area contributed by atoms with Gasteiger partial charge >= 0.3 is 6.03 Å². The zero-order chi connectivity index (χ0) is 18.4. The van der Waals surface area contributed by atoms with Gasteiger partial charge in [-0.3, -0.25) is 4.72 Å². The molecule has 0 aliphatic rings. The summed E-state index contributed by atoms with van der Waals surface area (Å²) in [6.45, 7) is 2.05. The molecule has 2 aromatic carbocycles. The number of anilines is 2. The number of rotatable bonds is 6. The summed E-state index contributed by atoms with van der Waals surface area (Å²) in [4.78, 5) is 13.8. The number of carbonyl (C=O) groups is 1. The van der Waals surface area contributed by atoms with Gasteiger partial charge in [-0.1, -0.05) is 28.1 Å². The number of carbonyl (C=O) groups excluding carboxylic acids is 1. The van der Waals surface area contributed by atoms with Crippen LogP contribution in [0.1, 0.15) is 12.5 Å². The van der Waals surface area contributed by atoms with Gasteiger partial charge in [-0.25, -0.2) is 13.2 Å². The highest BCUT2D eigenvalue weighted by molar-refractivity contribution is 9.10. The molecule has 25 heavy (non-hydrogen) atoms. The predicted molar refractivity (Wildman–Crippen MR) is 104 cm³/mol. The number of urea groups is 1. The minimum absolute atomic E-state index is 0.00629. The van der Waals surface area contributed by atoms with Gasteiger partial charge in [-0.2, -0.15) is 0 Å². The summed E-state index contributed by atoms with van der Waals surface area (Å²) in [6.07, 6.45) is 0. The maximum atomic E-state index is 12.2. The van der Waals surface area contributed by atoms with Crippen molar-refractivity contribution in [2.45, 2.75) is 13.5 Å². The van der Waals surface area contributed by atoms with Crippen LogP contribution in [0.3, 0.4) is 0 Å². The molecule has 2 N–H and O–H groups in total. The SMILES string of the molecule is CCS(=O)(=O)Nc1ccc(NC(=O)N(C)Cc2ccc(Br)cc2)cc1. The van der Waals surface area contributed by atoms with Gasteiger partial charge in [0.1, 0.15) is 0 Å². The highest BCUT2D eigenvalue weighted by atomic mass is 79.9. The third kappa shape index (κ3) is 6.06. The Morgan fingerprint density at radius 3 is 2.16 bits per heavy atom. The Hall–Kier alpha value is -2.06. The quantitative estimate of drug-likeness (QED) is 0.736. The Morgan fingerprint density at radius 1 is 1.04 bits per heavy atom. The molecule has 0 aliphatic carbocycles. The average Bonchev–Trinajstić information content (AvgIpc) is 2.58. The van der Waals surface area contributed by atoms with Crippen molar-refractivity contribution >= 4 is 43.4 Å². The summed E-state index contributed by atoms with van der Waals surface area (Å²) >= 11 is 3.38. The lowest BCUT2D eigenvalue weighted by Gasteiger charge is -2.18. The van der Waals surface area contributed by atoms with E-state index in [9.17, 15) is 13.2 Å². The normalized spacial score (nSPS) is 11.0. The summed E-state index contributed by atoms with van der Waals surface area (Å²) in [6, 6.07) is 14.0. The maximum Gasteiger partial charge on any atom is 0.321 e. The fourth-order valence-corrected chi connectivity index (χ4v) is 2.93. The molecular weight excluding hydrogens is 406 g/mol. The maximum absolute atomic E-state index is 12.2. The average molecular weight is 426 g/mol. The third-order valence-corrected chi connectivity index (χ3v) is 5.30. The molecular formula is C17H20BrN3O3S. The molecule has 0 radical (unpaired) electrons. The van der Waals surface area contributed by atoms with Crippen LogP contribution in [-0.2, 0) is 16.6 Å². The summed E-state index contributed by atoms with van der Waals surface area (Å²) in [5.41, 5.74) is 2.07. The van der Waals surface area contributed by atoms with E-state index in [-0.39, 0.29) is 11.8 Å². The van der Waals surface area contributed by atoms with Gasteiger partial charge in [0.15, 0.2) is 0 Å². The fourth-order valence-electron chi connectivity index (χ4n) is 2.03.